The first kappa shape index (κ1) is 21.6. The number of benzene rings is 2. The number of nitrogens with one attached hydrogen (secondary N) is 1. The van der Waals surface area contributed by atoms with Gasteiger partial charge in [0.1, 0.15) is 5.69 Å². The van der Waals surface area contributed by atoms with Crippen molar-refractivity contribution >= 4 is 23.1 Å². The van der Waals surface area contributed by atoms with Crippen LogP contribution in [-0.4, -0.2) is 36.0 Å². The Morgan fingerprint density at radius 2 is 1.97 bits per heavy atom. The molecule has 0 saturated carbocycles. The van der Waals surface area contributed by atoms with Crippen LogP contribution in [0.3, 0.4) is 0 Å². The molecule has 6 heteroatoms. The van der Waals surface area contributed by atoms with Gasteiger partial charge in [0, 0.05) is 36.4 Å². The number of aromatic nitrogens is 2. The molecule has 6 nitrogen and oxygen atoms in total. The number of carbonyl (C=O) groups is 1. The molecule has 164 valence electrons. The highest BCUT2D eigenvalue weighted by atomic mass is 16.5. The Morgan fingerprint density at radius 3 is 2.75 bits per heavy atom. The van der Waals surface area contributed by atoms with E-state index in [2.05, 4.69) is 40.0 Å². The average Bonchev–Trinajstić information content (AvgIpc) is 2.85. The van der Waals surface area contributed by atoms with Gasteiger partial charge in [-0.3, -0.25) is 4.79 Å². The van der Waals surface area contributed by atoms with Gasteiger partial charge in [0.25, 0.3) is 0 Å². The van der Waals surface area contributed by atoms with E-state index in [0.29, 0.717) is 23.8 Å². The molecular weight excluding hydrogens is 400 g/mol. The van der Waals surface area contributed by atoms with Crippen molar-refractivity contribution in [2.24, 2.45) is 0 Å². The van der Waals surface area contributed by atoms with Crippen LogP contribution in [0, 0.1) is 0 Å². The number of ketones is 1. The highest BCUT2D eigenvalue weighted by Crippen LogP contribution is 2.30. The second-order valence-corrected chi connectivity index (χ2v) is 7.88. The van der Waals surface area contributed by atoms with Gasteiger partial charge in [0.05, 0.1) is 13.3 Å². The third-order valence-corrected chi connectivity index (χ3v) is 5.61. The van der Waals surface area contributed by atoms with Crippen LogP contribution >= 0.6 is 0 Å². The first-order chi connectivity index (χ1) is 15.7. The van der Waals surface area contributed by atoms with E-state index in [1.807, 2.05) is 30.3 Å². The molecule has 0 bridgehead atoms. The molecule has 4 rings (SSSR count). The Morgan fingerprint density at radius 1 is 1.16 bits per heavy atom. The van der Waals surface area contributed by atoms with E-state index in [1.54, 1.807) is 13.3 Å². The molecule has 0 atom stereocenters. The summed E-state index contributed by atoms with van der Waals surface area (Å²) in [6, 6.07) is 16.1. The first-order valence-corrected chi connectivity index (χ1v) is 10.9. The van der Waals surface area contributed by atoms with Crippen molar-refractivity contribution in [3.05, 3.63) is 72.9 Å². The lowest BCUT2D eigenvalue weighted by Crippen LogP contribution is -2.29. The fourth-order valence-electron chi connectivity index (χ4n) is 3.95. The molecule has 3 aromatic rings. The predicted octanol–water partition coefficient (Wildman–Crippen LogP) is 5.18. The zero-order chi connectivity index (χ0) is 22.3. The quantitative estimate of drug-likeness (QED) is 0.499. The summed E-state index contributed by atoms with van der Waals surface area (Å²) >= 11 is 0. The number of hydrogen-bond acceptors (Lipinski definition) is 6. The van der Waals surface area contributed by atoms with E-state index in [4.69, 9.17) is 9.72 Å². The minimum Gasteiger partial charge on any atom is -0.493 e. The second-order valence-electron chi connectivity index (χ2n) is 7.88. The number of anilines is 3. The molecule has 0 aliphatic carbocycles. The SMILES string of the molecule is C=CC(=O)Cc1cccc(-c2nc(Nc3cccc(N4CCCCC4)c3)ncc2OC)c1. The van der Waals surface area contributed by atoms with Crippen LogP contribution in [0.15, 0.2) is 67.4 Å². The largest absolute Gasteiger partial charge is 0.493 e. The highest BCUT2D eigenvalue weighted by Gasteiger charge is 2.14. The van der Waals surface area contributed by atoms with Gasteiger partial charge in [0.15, 0.2) is 11.5 Å². The zero-order valence-electron chi connectivity index (χ0n) is 18.4. The lowest BCUT2D eigenvalue weighted by atomic mass is 10.0. The van der Waals surface area contributed by atoms with Gasteiger partial charge >= 0.3 is 0 Å². The van der Waals surface area contributed by atoms with E-state index in [-0.39, 0.29) is 5.78 Å². The maximum atomic E-state index is 11.8. The zero-order valence-corrected chi connectivity index (χ0v) is 18.4. The maximum absolute atomic E-state index is 11.8. The summed E-state index contributed by atoms with van der Waals surface area (Å²) in [5.74, 6) is 1.04. The Labute approximate surface area is 189 Å². The number of methoxy groups -OCH3 is 1. The van der Waals surface area contributed by atoms with E-state index in [9.17, 15) is 4.79 Å². The van der Waals surface area contributed by atoms with Crippen molar-refractivity contribution in [1.82, 2.24) is 9.97 Å². The maximum Gasteiger partial charge on any atom is 0.227 e. The van der Waals surface area contributed by atoms with Crippen molar-refractivity contribution in [3.63, 3.8) is 0 Å². The summed E-state index contributed by atoms with van der Waals surface area (Å²) in [4.78, 5) is 23.3. The molecule has 2 aromatic carbocycles. The number of ether oxygens (including phenoxy) is 1. The molecule has 2 heterocycles. The smallest absolute Gasteiger partial charge is 0.227 e. The topological polar surface area (TPSA) is 67.4 Å². The molecule has 1 fully saturated rings. The van der Waals surface area contributed by atoms with Crippen LogP contribution in [0.1, 0.15) is 24.8 Å². The Hall–Kier alpha value is -3.67. The van der Waals surface area contributed by atoms with Crippen molar-refractivity contribution < 1.29 is 9.53 Å². The molecule has 0 unspecified atom stereocenters. The van der Waals surface area contributed by atoms with Crippen LogP contribution in [0.2, 0.25) is 0 Å². The molecule has 1 saturated heterocycles. The van der Waals surface area contributed by atoms with Gasteiger partial charge in [-0.15, -0.1) is 0 Å². The van der Waals surface area contributed by atoms with Crippen molar-refractivity contribution in [3.8, 4) is 17.0 Å². The van der Waals surface area contributed by atoms with Gasteiger partial charge in [-0.2, -0.15) is 0 Å². The summed E-state index contributed by atoms with van der Waals surface area (Å²) in [5.41, 5.74) is 4.59. The number of nitrogens with zero attached hydrogens (tertiary/aromatic N) is 3. The third kappa shape index (κ3) is 5.14. The van der Waals surface area contributed by atoms with Crippen LogP contribution in [0.5, 0.6) is 5.75 Å². The predicted molar refractivity (Wildman–Crippen MR) is 129 cm³/mol. The Kier molecular flexibility index (Phi) is 6.80. The first-order valence-electron chi connectivity index (χ1n) is 10.9. The second kappa shape index (κ2) is 10.1. The third-order valence-electron chi connectivity index (χ3n) is 5.61. The number of piperidine rings is 1. The fourth-order valence-corrected chi connectivity index (χ4v) is 3.95. The minimum atomic E-state index is -0.0206. The van der Waals surface area contributed by atoms with E-state index in [0.717, 1.165) is 29.9 Å². The van der Waals surface area contributed by atoms with Gasteiger partial charge in [-0.05, 0) is 55.2 Å². The van der Waals surface area contributed by atoms with Gasteiger partial charge in [-0.1, -0.05) is 30.8 Å². The summed E-state index contributed by atoms with van der Waals surface area (Å²) in [7, 11) is 1.60. The molecular formula is C26H28N4O2. The van der Waals surface area contributed by atoms with Crippen LogP contribution < -0.4 is 15.0 Å². The lowest BCUT2D eigenvalue weighted by molar-refractivity contribution is -0.114. The van der Waals surface area contributed by atoms with Crippen molar-refractivity contribution in [2.45, 2.75) is 25.7 Å². The molecule has 1 aliphatic heterocycles. The normalized spacial score (nSPS) is 13.5. The van der Waals surface area contributed by atoms with Gasteiger partial charge in [0.2, 0.25) is 5.95 Å². The summed E-state index contributed by atoms with van der Waals surface area (Å²) < 4.78 is 5.50. The van der Waals surface area contributed by atoms with Crippen molar-refractivity contribution in [1.29, 1.82) is 0 Å². The Bertz CT molecular complexity index is 1110. The summed E-state index contributed by atoms with van der Waals surface area (Å²) in [6.45, 7) is 5.74. The van der Waals surface area contributed by atoms with E-state index in [1.165, 1.54) is 31.0 Å². The van der Waals surface area contributed by atoms with Crippen LogP contribution in [-0.2, 0) is 11.2 Å². The van der Waals surface area contributed by atoms with Crippen molar-refractivity contribution in [2.75, 3.05) is 30.4 Å². The monoisotopic (exact) mass is 428 g/mol. The van der Waals surface area contributed by atoms with Gasteiger partial charge < -0.3 is 15.0 Å². The van der Waals surface area contributed by atoms with E-state index >= 15 is 0 Å². The number of allylic oxidation sites excluding steroid dienone is 1. The summed E-state index contributed by atoms with van der Waals surface area (Å²) in [6.07, 6.45) is 7.10. The summed E-state index contributed by atoms with van der Waals surface area (Å²) in [5, 5.41) is 3.33. The van der Waals surface area contributed by atoms with E-state index < -0.39 is 0 Å². The Balaban J connectivity index is 1.60. The molecule has 32 heavy (non-hydrogen) atoms. The number of rotatable bonds is 8. The highest BCUT2D eigenvalue weighted by molar-refractivity contribution is 5.91. The average molecular weight is 429 g/mol. The molecule has 0 spiro atoms. The molecule has 0 radical (unpaired) electrons. The molecule has 1 aromatic heterocycles. The van der Waals surface area contributed by atoms with Crippen LogP contribution in [0.25, 0.3) is 11.3 Å². The molecule has 1 aliphatic rings. The number of carbonyl (C=O) groups excluding carboxylic acids is 1. The lowest BCUT2D eigenvalue weighted by Gasteiger charge is -2.29. The molecule has 1 N–H and O–H groups in total. The van der Waals surface area contributed by atoms with Crippen LogP contribution in [0.4, 0.5) is 17.3 Å². The standard InChI is InChI=1S/C26H28N4O2/c1-3-23(31)16-19-9-7-10-20(15-19)25-24(32-2)18-27-26(29-25)28-21-11-8-12-22(17-21)30-13-5-4-6-14-30/h3,7-12,15,17-18H,1,4-6,13-14,16H2,2H3,(H,27,28,29). The number of hydrogen-bond donors (Lipinski definition) is 1. The molecule has 0 amide bonds. The minimum absolute atomic E-state index is 0.0206. The fraction of sp³-hybridized carbons (Fsp3) is 0.269. The van der Waals surface area contributed by atoms with Gasteiger partial charge in [-0.25, -0.2) is 9.97 Å².